The second-order valence-corrected chi connectivity index (χ2v) is 10.7. The number of aliphatic imine (C=N–C) groups is 2. The van der Waals surface area contributed by atoms with Gasteiger partial charge in [0.1, 0.15) is 0 Å². The fourth-order valence-corrected chi connectivity index (χ4v) is 4.05. The molecule has 0 rings (SSSR count). The first kappa shape index (κ1) is 40.3. The molecule has 254 valence electrons. The van der Waals surface area contributed by atoms with Gasteiger partial charge in [-0.05, 0) is 51.4 Å². The van der Waals surface area contributed by atoms with E-state index in [1.54, 1.807) is 0 Å². The summed E-state index contributed by atoms with van der Waals surface area (Å²) in [6, 6.07) is -1.16. The number of hydrogen-bond donors (Lipinski definition) is 10. The smallest absolute Gasteiger partial charge is 0.236 e. The monoisotopic (exact) mass is 626 g/mol. The van der Waals surface area contributed by atoms with Crippen LogP contribution in [0.2, 0.25) is 0 Å². The van der Waals surface area contributed by atoms with Gasteiger partial charge in [0.25, 0.3) is 0 Å². The Kier molecular flexibility index (Phi) is 24.7. The molecule has 16 heteroatoms. The predicted octanol–water partition coefficient (Wildman–Crippen LogP) is -1.89. The van der Waals surface area contributed by atoms with Gasteiger partial charge in [-0.2, -0.15) is 0 Å². The lowest BCUT2D eigenvalue weighted by molar-refractivity contribution is -0.126. The maximum Gasteiger partial charge on any atom is 0.236 e. The fourth-order valence-electron chi connectivity index (χ4n) is 4.05. The van der Waals surface area contributed by atoms with Gasteiger partial charge in [0.15, 0.2) is 11.9 Å². The van der Waals surface area contributed by atoms with Crippen LogP contribution in [0.4, 0.5) is 0 Å². The van der Waals surface area contributed by atoms with Gasteiger partial charge in [0.05, 0.1) is 12.1 Å². The van der Waals surface area contributed by atoms with Gasteiger partial charge in [-0.1, -0.05) is 25.7 Å². The standard InChI is InChI=1S/C28H58N12O4/c29-21(11-9-19-39-27(31)32)25(43)37-17-7-3-1-5-15-35-23(41)13-14-24(42)36-16-6-2-4-8-18-38-26(44)22(30)12-10-20-40-28(33)34/h21-22H,1-20,29-30H2,(H,35,41)(H,36,42)(H,37,43)(H,38,44)(H4,31,32,39)(H4,33,34,40). The SMILES string of the molecule is NC(N)=NCCCC(N)C(=O)NCCCCCCNC(=O)CCC(=O)NCCCCCCNC(=O)C(N)CCCN=C(N)N. The molecule has 0 aliphatic carbocycles. The summed E-state index contributed by atoms with van der Waals surface area (Å²) in [4.78, 5) is 55.6. The van der Waals surface area contributed by atoms with E-state index >= 15 is 0 Å². The van der Waals surface area contributed by atoms with Crippen molar-refractivity contribution in [1.29, 1.82) is 0 Å². The summed E-state index contributed by atoms with van der Waals surface area (Å²) in [5, 5.41) is 11.3. The summed E-state index contributed by atoms with van der Waals surface area (Å²) in [6.07, 6.45) is 9.59. The molecule has 16 nitrogen and oxygen atoms in total. The highest BCUT2D eigenvalue weighted by atomic mass is 16.2. The van der Waals surface area contributed by atoms with E-state index in [1.807, 2.05) is 0 Å². The largest absolute Gasteiger partial charge is 0.370 e. The zero-order valence-electron chi connectivity index (χ0n) is 26.3. The number of guanidine groups is 2. The van der Waals surface area contributed by atoms with E-state index in [9.17, 15) is 19.2 Å². The average molecular weight is 627 g/mol. The van der Waals surface area contributed by atoms with Crippen molar-refractivity contribution in [3.05, 3.63) is 0 Å². The molecule has 0 saturated heterocycles. The van der Waals surface area contributed by atoms with Crippen LogP contribution in [-0.4, -0.2) is 86.9 Å². The van der Waals surface area contributed by atoms with Crippen LogP contribution in [0.5, 0.6) is 0 Å². The second kappa shape index (κ2) is 26.9. The maximum atomic E-state index is 12.0. The zero-order chi connectivity index (χ0) is 33.0. The Morgan fingerprint density at radius 1 is 0.477 bits per heavy atom. The highest BCUT2D eigenvalue weighted by Gasteiger charge is 2.13. The number of amides is 4. The molecule has 0 radical (unpaired) electrons. The molecule has 16 N–H and O–H groups in total. The molecular weight excluding hydrogens is 568 g/mol. The Balaban J connectivity index is 3.59. The number of nitrogens with one attached hydrogen (secondary N) is 4. The summed E-state index contributed by atoms with van der Waals surface area (Å²) in [5.41, 5.74) is 32.7. The quantitative estimate of drug-likeness (QED) is 0.0275. The van der Waals surface area contributed by atoms with Crippen LogP contribution >= 0.6 is 0 Å². The molecule has 2 atom stereocenters. The molecule has 0 saturated carbocycles. The number of nitrogens with zero attached hydrogens (tertiary/aromatic N) is 2. The molecule has 44 heavy (non-hydrogen) atoms. The van der Waals surface area contributed by atoms with Crippen molar-refractivity contribution in [1.82, 2.24) is 21.3 Å². The van der Waals surface area contributed by atoms with Gasteiger partial charge >= 0.3 is 0 Å². The van der Waals surface area contributed by atoms with E-state index in [0.29, 0.717) is 65.0 Å². The van der Waals surface area contributed by atoms with Crippen molar-refractivity contribution in [3.8, 4) is 0 Å². The Bertz CT molecular complexity index is 807. The van der Waals surface area contributed by atoms with E-state index in [1.165, 1.54) is 0 Å². The average Bonchev–Trinajstić information content (AvgIpc) is 2.98. The molecule has 0 aromatic carbocycles. The van der Waals surface area contributed by atoms with Crippen molar-refractivity contribution < 1.29 is 19.2 Å². The van der Waals surface area contributed by atoms with E-state index in [2.05, 4.69) is 31.3 Å². The third-order valence-corrected chi connectivity index (χ3v) is 6.64. The lowest BCUT2D eigenvalue weighted by Gasteiger charge is -2.11. The van der Waals surface area contributed by atoms with Crippen molar-refractivity contribution in [2.45, 2.75) is 102 Å². The first-order valence-electron chi connectivity index (χ1n) is 15.7. The van der Waals surface area contributed by atoms with Crippen LogP contribution in [0.25, 0.3) is 0 Å². The second-order valence-electron chi connectivity index (χ2n) is 10.7. The third-order valence-electron chi connectivity index (χ3n) is 6.64. The molecule has 0 spiro atoms. The van der Waals surface area contributed by atoms with Crippen LogP contribution in [-0.2, 0) is 19.2 Å². The van der Waals surface area contributed by atoms with Crippen molar-refractivity contribution in [2.75, 3.05) is 39.3 Å². The van der Waals surface area contributed by atoms with E-state index in [0.717, 1.165) is 51.4 Å². The normalized spacial score (nSPS) is 12.0. The number of hydrogen-bond acceptors (Lipinski definition) is 8. The fraction of sp³-hybridized carbons (Fsp3) is 0.786. The topological polar surface area (TPSA) is 297 Å². The van der Waals surface area contributed by atoms with E-state index in [-0.39, 0.29) is 48.4 Å². The van der Waals surface area contributed by atoms with Crippen LogP contribution in [0.3, 0.4) is 0 Å². The van der Waals surface area contributed by atoms with Crippen LogP contribution in [0.15, 0.2) is 9.98 Å². The molecule has 0 aliphatic rings. The van der Waals surface area contributed by atoms with Gasteiger partial charge < -0.3 is 55.7 Å². The molecule has 4 amide bonds. The first-order valence-corrected chi connectivity index (χ1v) is 15.7. The molecule has 0 fully saturated rings. The molecule has 0 aromatic heterocycles. The summed E-state index contributed by atoms with van der Waals surface area (Å²) < 4.78 is 0. The number of nitrogens with two attached hydrogens (primary N) is 6. The summed E-state index contributed by atoms with van der Waals surface area (Å²) in [7, 11) is 0. The highest BCUT2D eigenvalue weighted by Crippen LogP contribution is 2.01. The van der Waals surface area contributed by atoms with Gasteiger partial charge in [-0.15, -0.1) is 0 Å². The Morgan fingerprint density at radius 3 is 1.11 bits per heavy atom. The molecule has 0 aromatic rings. The Hall–Kier alpha value is -3.66. The molecule has 0 heterocycles. The molecule has 2 unspecified atom stereocenters. The van der Waals surface area contributed by atoms with Crippen molar-refractivity contribution >= 4 is 35.5 Å². The summed E-state index contributed by atoms with van der Waals surface area (Å²) in [5.74, 6) is -0.592. The third kappa shape index (κ3) is 26.0. The first-order chi connectivity index (χ1) is 21.0. The lowest BCUT2D eigenvalue weighted by atomic mass is 10.1. The van der Waals surface area contributed by atoms with E-state index in [4.69, 9.17) is 34.4 Å². The minimum atomic E-state index is -0.578. The van der Waals surface area contributed by atoms with Crippen LogP contribution < -0.4 is 55.7 Å². The number of carbonyl (C=O) groups is 4. The minimum absolute atomic E-state index is 0.0268. The van der Waals surface area contributed by atoms with Crippen LogP contribution in [0, 0.1) is 0 Å². The molecular formula is C28H58N12O4. The molecule has 0 aliphatic heterocycles. The van der Waals surface area contributed by atoms with Gasteiger partial charge in [-0.25, -0.2) is 0 Å². The highest BCUT2D eigenvalue weighted by molar-refractivity contribution is 5.83. The summed E-state index contributed by atoms with van der Waals surface area (Å²) >= 11 is 0. The minimum Gasteiger partial charge on any atom is -0.370 e. The number of unbranched alkanes of at least 4 members (excludes halogenated alkanes) is 6. The Morgan fingerprint density at radius 2 is 0.795 bits per heavy atom. The van der Waals surface area contributed by atoms with Crippen LogP contribution in [0.1, 0.15) is 89.9 Å². The summed E-state index contributed by atoms with van der Waals surface area (Å²) in [6.45, 7) is 3.11. The molecule has 0 bridgehead atoms. The maximum absolute atomic E-state index is 12.0. The zero-order valence-corrected chi connectivity index (χ0v) is 26.3. The van der Waals surface area contributed by atoms with Crippen molar-refractivity contribution in [3.63, 3.8) is 0 Å². The number of rotatable bonds is 27. The van der Waals surface area contributed by atoms with E-state index < -0.39 is 12.1 Å². The van der Waals surface area contributed by atoms with Gasteiger partial charge in [-0.3, -0.25) is 29.2 Å². The Labute approximate surface area is 261 Å². The van der Waals surface area contributed by atoms with Gasteiger partial charge in [0, 0.05) is 52.1 Å². The van der Waals surface area contributed by atoms with Crippen molar-refractivity contribution in [2.24, 2.45) is 44.4 Å². The number of carbonyl (C=O) groups excluding carboxylic acids is 4. The predicted molar refractivity (Wildman–Crippen MR) is 174 cm³/mol. The lowest BCUT2D eigenvalue weighted by Crippen LogP contribution is -2.41. The van der Waals surface area contributed by atoms with Gasteiger partial charge in [0.2, 0.25) is 23.6 Å².